The second-order valence-electron chi connectivity index (χ2n) is 9.20. The maximum Gasteiger partial charge on any atom is 0.148 e. The Morgan fingerprint density at radius 3 is 2.65 bits per heavy atom. The van der Waals surface area contributed by atoms with Crippen molar-refractivity contribution in [1.82, 2.24) is 25.0 Å². The summed E-state index contributed by atoms with van der Waals surface area (Å²) in [4.78, 5) is 7.21. The van der Waals surface area contributed by atoms with Crippen LogP contribution in [0, 0.1) is 5.92 Å². The normalized spacial score (nSPS) is 17.5. The first-order chi connectivity index (χ1) is 16.4. The first-order valence-corrected chi connectivity index (χ1v) is 12.4. The molecule has 1 aromatic heterocycles. The van der Waals surface area contributed by atoms with E-state index in [-0.39, 0.29) is 6.17 Å². The molecule has 0 saturated carbocycles. The Hall–Kier alpha value is -2.87. The van der Waals surface area contributed by atoms with Crippen LogP contribution in [0.2, 0.25) is 0 Å². The number of aliphatic imine (C=N–C) groups is 1. The van der Waals surface area contributed by atoms with Crippen molar-refractivity contribution in [2.24, 2.45) is 16.0 Å². The highest BCUT2D eigenvalue weighted by atomic mass is 16.5. The van der Waals surface area contributed by atoms with Crippen LogP contribution in [0.1, 0.15) is 51.8 Å². The van der Waals surface area contributed by atoms with Crippen molar-refractivity contribution in [3.05, 3.63) is 48.0 Å². The molecule has 1 aromatic rings. The van der Waals surface area contributed by atoms with Crippen molar-refractivity contribution >= 4 is 18.1 Å². The number of allylic oxidation sites excluding steroid dienone is 4. The molecule has 1 aliphatic heterocycles. The summed E-state index contributed by atoms with van der Waals surface area (Å²) in [5, 5.41) is 14.5. The molecule has 1 aliphatic carbocycles. The summed E-state index contributed by atoms with van der Waals surface area (Å²) >= 11 is 0. The second kappa shape index (κ2) is 12.6. The van der Waals surface area contributed by atoms with Crippen LogP contribution in [0.5, 0.6) is 0 Å². The lowest BCUT2D eigenvalue weighted by atomic mass is 9.99. The van der Waals surface area contributed by atoms with Crippen LogP contribution in [-0.2, 0) is 17.8 Å². The SMILES string of the molecule is C=NN(CC(C)C)C(C)NC(=C)/C(=N\Cn1cc(C2=CCCC=C2)c(CC)n1)N1CCOCC1. The van der Waals surface area contributed by atoms with Crippen LogP contribution in [0.3, 0.4) is 0 Å². The van der Waals surface area contributed by atoms with Crippen molar-refractivity contribution in [1.29, 1.82) is 0 Å². The first kappa shape index (κ1) is 25.7. The fourth-order valence-corrected chi connectivity index (χ4v) is 4.25. The van der Waals surface area contributed by atoms with Gasteiger partial charge in [0.05, 0.1) is 24.6 Å². The molecule has 0 spiro atoms. The van der Waals surface area contributed by atoms with Crippen molar-refractivity contribution in [3.63, 3.8) is 0 Å². The number of amidine groups is 1. The van der Waals surface area contributed by atoms with Crippen LogP contribution in [-0.4, -0.2) is 71.3 Å². The smallest absolute Gasteiger partial charge is 0.148 e. The van der Waals surface area contributed by atoms with Gasteiger partial charge in [-0.3, -0.25) is 9.69 Å². The molecule has 3 rings (SSSR count). The predicted octanol–water partition coefficient (Wildman–Crippen LogP) is 3.89. The average molecular weight is 468 g/mol. The Morgan fingerprint density at radius 2 is 2.03 bits per heavy atom. The molecule has 8 nitrogen and oxygen atoms in total. The summed E-state index contributed by atoms with van der Waals surface area (Å²) in [7, 11) is 0. The van der Waals surface area contributed by atoms with Gasteiger partial charge in [-0.05, 0) is 37.7 Å². The van der Waals surface area contributed by atoms with Crippen LogP contribution >= 0.6 is 0 Å². The van der Waals surface area contributed by atoms with E-state index in [4.69, 9.17) is 14.8 Å². The zero-order valence-electron chi connectivity index (χ0n) is 21.3. The minimum atomic E-state index is -0.0494. The van der Waals surface area contributed by atoms with Crippen molar-refractivity contribution < 1.29 is 4.74 Å². The molecule has 1 N–H and O–H groups in total. The van der Waals surface area contributed by atoms with Gasteiger partial charge in [0.25, 0.3) is 0 Å². The highest BCUT2D eigenvalue weighted by Crippen LogP contribution is 2.24. The van der Waals surface area contributed by atoms with Gasteiger partial charge >= 0.3 is 0 Å². The predicted molar refractivity (Wildman–Crippen MR) is 141 cm³/mol. The van der Waals surface area contributed by atoms with E-state index >= 15 is 0 Å². The summed E-state index contributed by atoms with van der Waals surface area (Å²) in [6.45, 7) is 20.8. The number of nitrogens with zero attached hydrogens (tertiary/aromatic N) is 6. The number of morpholine rings is 1. The largest absolute Gasteiger partial charge is 0.378 e. The first-order valence-electron chi connectivity index (χ1n) is 12.4. The van der Waals surface area contributed by atoms with Gasteiger partial charge in [0, 0.05) is 38.1 Å². The third kappa shape index (κ3) is 6.82. The number of nitrogens with one attached hydrogen (secondary N) is 1. The van der Waals surface area contributed by atoms with Gasteiger partial charge in [-0.2, -0.15) is 10.2 Å². The number of aryl methyl sites for hydroxylation is 1. The topological polar surface area (TPSA) is 70.3 Å². The van der Waals surface area contributed by atoms with E-state index in [9.17, 15) is 0 Å². The quantitative estimate of drug-likeness (QED) is 0.231. The molecule has 1 atom stereocenters. The zero-order valence-corrected chi connectivity index (χ0v) is 21.3. The molecular weight excluding hydrogens is 426 g/mol. The molecule has 34 heavy (non-hydrogen) atoms. The van der Waals surface area contributed by atoms with Gasteiger partial charge in [0.15, 0.2) is 0 Å². The molecule has 1 fully saturated rings. The summed E-state index contributed by atoms with van der Waals surface area (Å²) in [6.07, 6.45) is 11.9. The molecule has 0 aromatic carbocycles. The number of rotatable bonds is 11. The van der Waals surface area contributed by atoms with Gasteiger partial charge < -0.3 is 15.0 Å². The van der Waals surface area contributed by atoms with Gasteiger partial charge in [-0.1, -0.05) is 45.6 Å². The van der Waals surface area contributed by atoms with Gasteiger partial charge in [-0.15, -0.1) is 0 Å². The summed E-state index contributed by atoms with van der Waals surface area (Å²) < 4.78 is 7.50. The van der Waals surface area contributed by atoms with Crippen LogP contribution < -0.4 is 5.32 Å². The molecule has 186 valence electrons. The van der Waals surface area contributed by atoms with Crippen LogP contribution in [0.25, 0.3) is 5.57 Å². The maximum absolute atomic E-state index is 5.57. The fourth-order valence-electron chi connectivity index (χ4n) is 4.25. The molecule has 8 heteroatoms. The summed E-state index contributed by atoms with van der Waals surface area (Å²) in [5.74, 6) is 1.32. The summed E-state index contributed by atoms with van der Waals surface area (Å²) in [6, 6.07) is 0. The van der Waals surface area contributed by atoms with Gasteiger partial charge in [0.2, 0.25) is 0 Å². The van der Waals surface area contributed by atoms with Crippen LogP contribution in [0.15, 0.2) is 46.8 Å². The Morgan fingerprint density at radius 1 is 1.26 bits per heavy atom. The van der Waals surface area contributed by atoms with E-state index in [1.807, 2.05) is 9.69 Å². The average Bonchev–Trinajstić information content (AvgIpc) is 3.27. The number of ether oxygens (including phenoxy) is 1. The molecular formula is C26H41N7O. The fraction of sp³-hybridized carbons (Fsp3) is 0.577. The maximum atomic E-state index is 5.57. The number of aromatic nitrogens is 2. The molecule has 2 aliphatic rings. The van der Waals surface area contributed by atoms with Crippen molar-refractivity contribution in [2.45, 2.75) is 59.8 Å². The van der Waals surface area contributed by atoms with E-state index in [0.717, 1.165) is 56.1 Å². The lowest BCUT2D eigenvalue weighted by Crippen LogP contribution is -2.48. The molecule has 0 bridgehead atoms. The number of hydrogen-bond acceptors (Lipinski definition) is 6. The Labute approximate surface area is 204 Å². The molecule has 0 radical (unpaired) electrons. The van der Waals surface area contributed by atoms with Crippen molar-refractivity contribution in [3.8, 4) is 0 Å². The van der Waals surface area contributed by atoms with Crippen LogP contribution in [0.4, 0.5) is 0 Å². The number of hydrazone groups is 1. The third-order valence-electron chi connectivity index (χ3n) is 5.99. The molecule has 1 saturated heterocycles. The summed E-state index contributed by atoms with van der Waals surface area (Å²) in [5.41, 5.74) is 4.34. The standard InChI is InChI=1S/C26H41N7O/c1-7-25-24(23-11-9-8-10-12-23)18-32(30-25)19-28-26(31-13-15-34-16-14-31)21(4)29-22(5)33(27-6)17-20(2)3/h9,11-12,18,20,22,29H,4,6-8,10,13-17,19H2,1-3,5H3/b28-26+. The van der Waals surface area contributed by atoms with Crippen molar-refractivity contribution in [2.75, 3.05) is 32.8 Å². The number of hydrogen-bond donors (Lipinski definition) is 1. The Balaban J connectivity index is 1.79. The highest BCUT2D eigenvalue weighted by molar-refractivity contribution is 5.97. The van der Waals surface area contributed by atoms with E-state index < -0.39 is 0 Å². The van der Waals surface area contributed by atoms with E-state index in [1.165, 1.54) is 11.1 Å². The Kier molecular flexibility index (Phi) is 9.51. The minimum Gasteiger partial charge on any atom is -0.378 e. The minimum absolute atomic E-state index is 0.0494. The van der Waals surface area contributed by atoms with E-state index in [0.29, 0.717) is 25.8 Å². The highest BCUT2D eigenvalue weighted by Gasteiger charge is 2.21. The zero-order chi connectivity index (χ0) is 24.5. The Bertz CT molecular complexity index is 922. The monoisotopic (exact) mass is 467 g/mol. The second-order valence-corrected chi connectivity index (χ2v) is 9.20. The lowest BCUT2D eigenvalue weighted by molar-refractivity contribution is 0.0676. The van der Waals surface area contributed by atoms with Gasteiger partial charge in [0.1, 0.15) is 18.7 Å². The van der Waals surface area contributed by atoms with E-state index in [2.05, 4.69) is 80.7 Å². The third-order valence-corrected chi connectivity index (χ3v) is 5.99. The lowest BCUT2D eigenvalue weighted by Gasteiger charge is -2.34. The van der Waals surface area contributed by atoms with Gasteiger partial charge in [-0.25, -0.2) is 4.99 Å². The van der Waals surface area contributed by atoms with E-state index in [1.54, 1.807) is 0 Å². The molecule has 1 unspecified atom stereocenters. The molecule has 0 amide bonds. The molecule has 2 heterocycles.